The third-order valence-electron chi connectivity index (χ3n) is 7.19. The summed E-state index contributed by atoms with van der Waals surface area (Å²) in [6, 6.07) is 5.98. The molecule has 6 nitrogen and oxygen atoms in total. The van der Waals surface area contributed by atoms with Crippen LogP contribution in [0.5, 0.6) is 0 Å². The van der Waals surface area contributed by atoms with E-state index in [0.29, 0.717) is 24.2 Å². The van der Waals surface area contributed by atoms with Crippen molar-refractivity contribution in [1.82, 2.24) is 4.90 Å². The number of methoxy groups -OCH3 is 2. The molecule has 0 saturated heterocycles. The minimum Gasteiger partial charge on any atom is -0.427 e. The Morgan fingerprint density at radius 1 is 1.10 bits per heavy atom. The molecule has 1 aliphatic heterocycles. The van der Waals surface area contributed by atoms with Gasteiger partial charge in [0, 0.05) is 14.2 Å². The number of carbonyl (C=O) groups excluding carboxylic acids is 2. The molecule has 3 aliphatic rings. The van der Waals surface area contributed by atoms with Gasteiger partial charge in [0.15, 0.2) is 0 Å². The van der Waals surface area contributed by atoms with Crippen LogP contribution in [-0.4, -0.2) is 48.9 Å². The molecule has 1 aromatic carbocycles. The van der Waals surface area contributed by atoms with Gasteiger partial charge in [-0.3, -0.25) is 14.5 Å². The highest BCUT2D eigenvalue weighted by Crippen LogP contribution is 2.51. The average molecular weight is 428 g/mol. The number of rotatable bonds is 6. The molecular formula is C25H33NO5. The number of benzene rings is 1. The van der Waals surface area contributed by atoms with Gasteiger partial charge in [-0.1, -0.05) is 18.2 Å². The van der Waals surface area contributed by atoms with Crippen LogP contribution in [0.1, 0.15) is 62.1 Å². The smallest absolute Gasteiger partial charge is 0.314 e. The lowest BCUT2D eigenvalue weighted by atomic mass is 9.77. The summed E-state index contributed by atoms with van der Waals surface area (Å²) < 4.78 is 17.4. The number of aryl methyl sites for hydroxylation is 2. The molecule has 1 heterocycles. The van der Waals surface area contributed by atoms with Gasteiger partial charge >= 0.3 is 5.97 Å². The SMILES string of the molecule is COC1CCC2(CC1)C(OC(=O)C1CC1)=C(c1c(C)cccc1C)C(=O)N2C(C)OC. The van der Waals surface area contributed by atoms with Crippen molar-refractivity contribution in [3.05, 3.63) is 40.6 Å². The maximum absolute atomic E-state index is 14.0. The van der Waals surface area contributed by atoms with Crippen LogP contribution < -0.4 is 0 Å². The van der Waals surface area contributed by atoms with E-state index in [4.69, 9.17) is 14.2 Å². The van der Waals surface area contributed by atoms with Crippen molar-refractivity contribution in [3.8, 4) is 0 Å². The van der Waals surface area contributed by atoms with Crippen molar-refractivity contribution < 1.29 is 23.8 Å². The Hall–Kier alpha value is -2.18. The number of hydrogen-bond donors (Lipinski definition) is 0. The molecule has 4 rings (SSSR count). The van der Waals surface area contributed by atoms with Crippen molar-refractivity contribution in [2.24, 2.45) is 5.92 Å². The zero-order chi connectivity index (χ0) is 22.3. The summed E-state index contributed by atoms with van der Waals surface area (Å²) in [7, 11) is 3.34. The second-order valence-corrected chi connectivity index (χ2v) is 9.14. The van der Waals surface area contributed by atoms with Gasteiger partial charge in [0.05, 0.1) is 17.6 Å². The maximum atomic E-state index is 14.0. The second kappa shape index (κ2) is 8.40. The summed E-state index contributed by atoms with van der Waals surface area (Å²) in [5.74, 6) is 0.126. The Balaban J connectivity index is 1.90. The summed E-state index contributed by atoms with van der Waals surface area (Å²) >= 11 is 0. The summed E-state index contributed by atoms with van der Waals surface area (Å²) in [5, 5.41) is 0. The van der Waals surface area contributed by atoms with E-state index in [1.807, 2.05) is 43.9 Å². The van der Waals surface area contributed by atoms with Gasteiger partial charge in [-0.15, -0.1) is 0 Å². The van der Waals surface area contributed by atoms with E-state index in [2.05, 4.69) is 0 Å². The predicted molar refractivity (Wildman–Crippen MR) is 117 cm³/mol. The molecular weight excluding hydrogens is 394 g/mol. The molecule has 2 fully saturated rings. The molecule has 168 valence electrons. The van der Waals surface area contributed by atoms with Gasteiger partial charge in [-0.25, -0.2) is 0 Å². The van der Waals surface area contributed by atoms with Crippen molar-refractivity contribution in [3.63, 3.8) is 0 Å². The van der Waals surface area contributed by atoms with E-state index in [1.165, 1.54) is 0 Å². The molecule has 6 heteroatoms. The second-order valence-electron chi connectivity index (χ2n) is 9.14. The monoisotopic (exact) mass is 427 g/mol. The minimum absolute atomic E-state index is 0.0527. The van der Waals surface area contributed by atoms with Crippen LogP contribution in [0.2, 0.25) is 0 Å². The molecule has 1 spiro atoms. The zero-order valence-corrected chi connectivity index (χ0v) is 19.2. The van der Waals surface area contributed by atoms with Crippen molar-refractivity contribution in [2.75, 3.05) is 14.2 Å². The Morgan fingerprint density at radius 2 is 1.71 bits per heavy atom. The van der Waals surface area contributed by atoms with Gasteiger partial charge in [-0.2, -0.15) is 0 Å². The predicted octanol–water partition coefficient (Wildman–Crippen LogP) is 4.13. The number of hydrogen-bond acceptors (Lipinski definition) is 5. The first-order valence-electron chi connectivity index (χ1n) is 11.3. The highest BCUT2D eigenvalue weighted by atomic mass is 16.5. The van der Waals surface area contributed by atoms with Gasteiger partial charge in [0.25, 0.3) is 5.91 Å². The van der Waals surface area contributed by atoms with E-state index in [1.54, 1.807) is 14.2 Å². The number of amides is 1. The standard InChI is InChI=1S/C25H33NO5/c1-15-7-6-8-16(2)20(15)21-22(31-24(28)18-9-10-18)25(13-11-19(30-5)12-14-25)26(23(21)27)17(3)29-4/h6-8,17-19H,9-14H2,1-5H3. The lowest BCUT2D eigenvalue weighted by Crippen LogP contribution is -2.55. The zero-order valence-electron chi connectivity index (χ0n) is 19.2. The quantitative estimate of drug-likeness (QED) is 0.639. The number of esters is 1. The molecule has 0 bridgehead atoms. The highest BCUT2D eigenvalue weighted by Gasteiger charge is 2.57. The van der Waals surface area contributed by atoms with Crippen LogP contribution in [0.25, 0.3) is 5.57 Å². The lowest BCUT2D eigenvalue weighted by molar-refractivity contribution is -0.155. The summed E-state index contributed by atoms with van der Waals surface area (Å²) in [6.07, 6.45) is 4.35. The Morgan fingerprint density at radius 3 is 2.23 bits per heavy atom. The number of carbonyl (C=O) groups is 2. The van der Waals surface area contributed by atoms with Crippen molar-refractivity contribution in [1.29, 1.82) is 0 Å². The molecule has 1 atom stereocenters. The van der Waals surface area contributed by atoms with E-state index in [9.17, 15) is 9.59 Å². The molecule has 2 saturated carbocycles. The summed E-state index contributed by atoms with van der Waals surface area (Å²) in [4.78, 5) is 28.7. The van der Waals surface area contributed by atoms with Crippen LogP contribution in [0.3, 0.4) is 0 Å². The molecule has 1 unspecified atom stereocenters. The first-order valence-corrected chi connectivity index (χ1v) is 11.3. The molecule has 2 aliphatic carbocycles. The first kappa shape index (κ1) is 22.0. The highest BCUT2D eigenvalue weighted by molar-refractivity contribution is 6.24. The van der Waals surface area contributed by atoms with Crippen LogP contribution in [0.15, 0.2) is 24.0 Å². The van der Waals surface area contributed by atoms with E-state index in [-0.39, 0.29) is 23.9 Å². The van der Waals surface area contributed by atoms with Crippen LogP contribution in [0.4, 0.5) is 0 Å². The maximum Gasteiger partial charge on any atom is 0.314 e. The van der Waals surface area contributed by atoms with Crippen LogP contribution >= 0.6 is 0 Å². The molecule has 31 heavy (non-hydrogen) atoms. The fourth-order valence-corrected chi connectivity index (χ4v) is 5.22. The summed E-state index contributed by atoms with van der Waals surface area (Å²) in [5.41, 5.74) is 2.68. The average Bonchev–Trinajstić information content (AvgIpc) is 3.58. The third kappa shape index (κ3) is 3.70. The molecule has 1 amide bonds. The number of nitrogens with zero attached hydrogens (tertiary/aromatic N) is 1. The van der Waals surface area contributed by atoms with Crippen LogP contribution in [-0.2, 0) is 23.8 Å². The van der Waals surface area contributed by atoms with Crippen molar-refractivity contribution in [2.45, 2.75) is 77.2 Å². The Bertz CT molecular complexity index is 888. The molecule has 0 radical (unpaired) electrons. The van der Waals surface area contributed by atoms with E-state index in [0.717, 1.165) is 42.4 Å². The number of ether oxygens (including phenoxy) is 3. The first-order chi connectivity index (χ1) is 14.8. The normalized spacial score (nSPS) is 27.2. The summed E-state index contributed by atoms with van der Waals surface area (Å²) in [6.45, 7) is 5.88. The fourth-order valence-electron chi connectivity index (χ4n) is 5.22. The topological polar surface area (TPSA) is 65.1 Å². The van der Waals surface area contributed by atoms with E-state index < -0.39 is 11.8 Å². The van der Waals surface area contributed by atoms with Gasteiger partial charge in [0.1, 0.15) is 17.5 Å². The van der Waals surface area contributed by atoms with E-state index >= 15 is 0 Å². The Labute approximate surface area is 184 Å². The molecule has 1 aromatic rings. The third-order valence-corrected chi connectivity index (χ3v) is 7.19. The largest absolute Gasteiger partial charge is 0.427 e. The molecule has 0 aromatic heterocycles. The van der Waals surface area contributed by atoms with Crippen molar-refractivity contribution >= 4 is 17.4 Å². The minimum atomic E-state index is -0.698. The Kier molecular flexibility index (Phi) is 5.97. The van der Waals surface area contributed by atoms with Gasteiger partial charge in [-0.05, 0) is 76.0 Å². The van der Waals surface area contributed by atoms with Crippen LogP contribution in [0, 0.1) is 19.8 Å². The fraction of sp³-hybridized carbons (Fsp3) is 0.600. The molecule has 0 N–H and O–H groups in total. The lowest BCUT2D eigenvalue weighted by Gasteiger charge is -2.46. The van der Waals surface area contributed by atoms with Gasteiger partial charge in [0.2, 0.25) is 0 Å². The van der Waals surface area contributed by atoms with Gasteiger partial charge < -0.3 is 14.2 Å².